The molecular weight excluding hydrogens is 387 g/mol. The largest absolute Gasteiger partial charge is 0.381 e. The van der Waals surface area contributed by atoms with E-state index < -0.39 is 5.54 Å². The Morgan fingerprint density at radius 2 is 1.85 bits per heavy atom. The zero-order chi connectivity index (χ0) is 17.3. The van der Waals surface area contributed by atoms with Gasteiger partial charge < -0.3 is 20.4 Å². The average Bonchev–Trinajstić information content (AvgIpc) is 3.07. The van der Waals surface area contributed by atoms with Crippen molar-refractivity contribution in [3.8, 4) is 11.4 Å². The molecule has 0 atom stereocenters. The molecule has 2 aliphatic rings. The number of nitrogens with two attached hydrogens (primary N) is 1. The van der Waals surface area contributed by atoms with Crippen molar-refractivity contribution in [2.24, 2.45) is 5.73 Å². The van der Waals surface area contributed by atoms with Crippen LogP contribution < -0.4 is 11.1 Å². The number of amides is 1. The third-order valence-corrected chi connectivity index (χ3v) is 5.24. The van der Waals surface area contributed by atoms with E-state index in [1.54, 1.807) is 0 Å². The third kappa shape index (κ3) is 4.46. The summed E-state index contributed by atoms with van der Waals surface area (Å²) in [6, 6.07) is 7.85. The number of halogens is 2. The second kappa shape index (κ2) is 9.06. The van der Waals surface area contributed by atoms with Crippen LogP contribution in [0, 0.1) is 0 Å². The summed E-state index contributed by atoms with van der Waals surface area (Å²) in [6.45, 7) is 2.10. The first-order valence-electron chi connectivity index (χ1n) is 8.99. The predicted molar refractivity (Wildman–Crippen MR) is 111 cm³/mol. The van der Waals surface area contributed by atoms with E-state index in [9.17, 15) is 4.79 Å². The Balaban J connectivity index is 0.00000131. The quantitative estimate of drug-likeness (QED) is 0.810. The lowest BCUT2D eigenvalue weighted by Crippen LogP contribution is -2.54. The molecular formula is C19H26Cl2N4O2. The van der Waals surface area contributed by atoms with E-state index in [4.69, 9.17) is 10.5 Å². The molecule has 8 heteroatoms. The summed E-state index contributed by atoms with van der Waals surface area (Å²) in [6.07, 6.45) is 6.62. The molecule has 0 aliphatic carbocycles. The van der Waals surface area contributed by atoms with Gasteiger partial charge in [-0.25, -0.2) is 4.98 Å². The molecule has 4 rings (SSSR count). The first-order valence-corrected chi connectivity index (χ1v) is 8.99. The molecule has 3 heterocycles. The fourth-order valence-corrected chi connectivity index (χ4v) is 3.59. The van der Waals surface area contributed by atoms with Crippen molar-refractivity contribution < 1.29 is 9.53 Å². The maximum atomic E-state index is 12.5. The number of hydrogen-bond donors (Lipinski definition) is 2. The first kappa shape index (κ1) is 21.7. The molecule has 1 saturated heterocycles. The van der Waals surface area contributed by atoms with Gasteiger partial charge in [-0.05, 0) is 56.4 Å². The summed E-state index contributed by atoms with van der Waals surface area (Å²) in [4.78, 5) is 17.1. The number of rotatable bonds is 3. The molecule has 148 valence electrons. The summed E-state index contributed by atoms with van der Waals surface area (Å²) in [5.41, 5.74) is 8.53. The minimum absolute atomic E-state index is 0. The molecule has 6 nitrogen and oxygen atoms in total. The number of aromatic nitrogens is 2. The molecule has 1 aromatic carbocycles. The zero-order valence-corrected chi connectivity index (χ0v) is 16.8. The molecule has 1 fully saturated rings. The number of carbonyl (C=O) groups excluding carboxylic acids is 1. The fraction of sp³-hybridized carbons (Fsp3) is 0.474. The van der Waals surface area contributed by atoms with Gasteiger partial charge in [0.15, 0.2) is 0 Å². The first-order chi connectivity index (χ1) is 12.2. The molecule has 2 aliphatic heterocycles. The van der Waals surface area contributed by atoms with Gasteiger partial charge in [-0.15, -0.1) is 24.8 Å². The third-order valence-electron chi connectivity index (χ3n) is 5.24. The highest BCUT2D eigenvalue weighted by atomic mass is 35.5. The van der Waals surface area contributed by atoms with Crippen molar-refractivity contribution in [1.82, 2.24) is 9.55 Å². The van der Waals surface area contributed by atoms with Gasteiger partial charge in [0.1, 0.15) is 11.4 Å². The standard InChI is InChI=1S/C19H24N4O2.2ClH/c20-19(8-11-25-12-9-19)18(24)22-15-6-4-14(5-7-15)17-21-13-16-3-1-2-10-23(16)17;;/h4-7,13H,1-3,8-12,20H2,(H,22,24);2*1H. The molecule has 1 aromatic heterocycles. The Hall–Kier alpha value is -1.60. The number of benzene rings is 1. The summed E-state index contributed by atoms with van der Waals surface area (Å²) in [7, 11) is 0. The van der Waals surface area contributed by atoms with Crippen LogP contribution in [0.5, 0.6) is 0 Å². The SMILES string of the molecule is Cl.Cl.NC1(C(=O)Nc2ccc(-c3ncc4n3CCCC4)cc2)CCOCC1. The molecule has 27 heavy (non-hydrogen) atoms. The van der Waals surface area contributed by atoms with Crippen LogP contribution in [0.15, 0.2) is 30.5 Å². The van der Waals surface area contributed by atoms with Gasteiger partial charge in [0, 0.05) is 42.9 Å². The number of hydrogen-bond acceptors (Lipinski definition) is 4. The van der Waals surface area contributed by atoms with E-state index in [0.29, 0.717) is 26.1 Å². The second-order valence-corrected chi connectivity index (χ2v) is 6.98. The van der Waals surface area contributed by atoms with Crippen molar-refractivity contribution in [2.75, 3.05) is 18.5 Å². The van der Waals surface area contributed by atoms with Crippen LogP contribution in [0.4, 0.5) is 5.69 Å². The van der Waals surface area contributed by atoms with E-state index in [0.717, 1.165) is 30.0 Å². The monoisotopic (exact) mass is 412 g/mol. The van der Waals surface area contributed by atoms with Gasteiger partial charge in [0.05, 0.1) is 0 Å². The minimum Gasteiger partial charge on any atom is -0.381 e. The van der Waals surface area contributed by atoms with Crippen molar-refractivity contribution >= 4 is 36.4 Å². The van der Waals surface area contributed by atoms with Gasteiger partial charge >= 0.3 is 0 Å². The number of fused-ring (bicyclic) bond motifs is 1. The van der Waals surface area contributed by atoms with Crippen LogP contribution in [-0.4, -0.2) is 34.2 Å². The lowest BCUT2D eigenvalue weighted by atomic mass is 9.90. The number of imidazole rings is 1. The van der Waals surface area contributed by atoms with Crippen molar-refractivity contribution in [2.45, 2.75) is 44.2 Å². The smallest absolute Gasteiger partial charge is 0.244 e. The summed E-state index contributed by atoms with van der Waals surface area (Å²) >= 11 is 0. The van der Waals surface area contributed by atoms with E-state index >= 15 is 0 Å². The Bertz CT molecular complexity index is 771. The van der Waals surface area contributed by atoms with Crippen molar-refractivity contribution in [3.05, 3.63) is 36.2 Å². The number of carbonyl (C=O) groups is 1. The lowest BCUT2D eigenvalue weighted by Gasteiger charge is -2.31. The van der Waals surface area contributed by atoms with E-state index in [2.05, 4.69) is 14.9 Å². The molecule has 0 spiro atoms. The maximum Gasteiger partial charge on any atom is 0.244 e. The Morgan fingerprint density at radius 3 is 2.56 bits per heavy atom. The summed E-state index contributed by atoms with van der Waals surface area (Å²) < 4.78 is 7.60. The highest BCUT2D eigenvalue weighted by Crippen LogP contribution is 2.26. The lowest BCUT2D eigenvalue weighted by molar-refractivity contribution is -0.124. The maximum absolute atomic E-state index is 12.5. The van der Waals surface area contributed by atoms with Crippen LogP contribution in [0.2, 0.25) is 0 Å². The molecule has 0 bridgehead atoms. The number of anilines is 1. The molecule has 0 saturated carbocycles. The molecule has 2 aromatic rings. The van der Waals surface area contributed by atoms with E-state index in [1.165, 1.54) is 18.5 Å². The van der Waals surface area contributed by atoms with Gasteiger partial charge in [-0.1, -0.05) is 0 Å². The Morgan fingerprint density at radius 1 is 1.15 bits per heavy atom. The molecule has 0 unspecified atom stereocenters. The predicted octanol–water partition coefficient (Wildman–Crippen LogP) is 3.18. The van der Waals surface area contributed by atoms with Crippen molar-refractivity contribution in [1.29, 1.82) is 0 Å². The number of aryl methyl sites for hydroxylation is 1. The Kier molecular flexibility index (Phi) is 7.28. The number of ether oxygens (including phenoxy) is 1. The second-order valence-electron chi connectivity index (χ2n) is 6.98. The molecule has 3 N–H and O–H groups in total. The van der Waals surface area contributed by atoms with Gasteiger partial charge in [0.25, 0.3) is 0 Å². The zero-order valence-electron chi connectivity index (χ0n) is 15.1. The topological polar surface area (TPSA) is 82.2 Å². The minimum atomic E-state index is -0.834. The van der Waals surface area contributed by atoms with Crippen LogP contribution >= 0.6 is 24.8 Å². The number of nitrogens with zero attached hydrogens (tertiary/aromatic N) is 2. The fourth-order valence-electron chi connectivity index (χ4n) is 3.59. The summed E-state index contributed by atoms with van der Waals surface area (Å²) in [5.74, 6) is 0.869. The van der Waals surface area contributed by atoms with E-state index in [-0.39, 0.29) is 30.7 Å². The van der Waals surface area contributed by atoms with Gasteiger partial charge in [-0.3, -0.25) is 4.79 Å². The van der Waals surface area contributed by atoms with Gasteiger partial charge in [-0.2, -0.15) is 0 Å². The average molecular weight is 413 g/mol. The van der Waals surface area contributed by atoms with E-state index in [1.807, 2.05) is 30.5 Å². The highest BCUT2D eigenvalue weighted by Gasteiger charge is 2.35. The molecule has 1 amide bonds. The molecule has 0 radical (unpaired) electrons. The van der Waals surface area contributed by atoms with Crippen LogP contribution in [0.1, 0.15) is 31.4 Å². The Labute approximate surface area is 171 Å². The van der Waals surface area contributed by atoms with Gasteiger partial charge in [0.2, 0.25) is 5.91 Å². The van der Waals surface area contributed by atoms with Crippen LogP contribution in [-0.2, 0) is 22.5 Å². The number of nitrogens with one attached hydrogen (secondary N) is 1. The van der Waals surface area contributed by atoms with Crippen LogP contribution in [0.25, 0.3) is 11.4 Å². The van der Waals surface area contributed by atoms with Crippen molar-refractivity contribution in [3.63, 3.8) is 0 Å². The highest BCUT2D eigenvalue weighted by molar-refractivity contribution is 5.98. The normalized spacial score (nSPS) is 17.8. The summed E-state index contributed by atoms with van der Waals surface area (Å²) in [5, 5.41) is 2.94. The van der Waals surface area contributed by atoms with Crippen LogP contribution in [0.3, 0.4) is 0 Å².